The van der Waals surface area contributed by atoms with Crippen LogP contribution in [0.3, 0.4) is 0 Å². The molecule has 0 atom stereocenters. The lowest BCUT2D eigenvalue weighted by Crippen LogP contribution is -2.38. The summed E-state index contributed by atoms with van der Waals surface area (Å²) in [5.41, 5.74) is 0. The van der Waals surface area contributed by atoms with Gasteiger partial charge in [-0.25, -0.2) is 12.8 Å². The molecule has 0 spiro atoms. The van der Waals surface area contributed by atoms with Crippen molar-refractivity contribution < 1.29 is 17.6 Å². The Morgan fingerprint density at radius 2 is 2.10 bits per heavy atom. The van der Waals surface area contributed by atoms with Crippen molar-refractivity contribution in [1.82, 2.24) is 9.62 Å². The van der Waals surface area contributed by atoms with E-state index in [1.165, 1.54) is 7.05 Å². The first-order valence-electron chi connectivity index (χ1n) is 5.97. The molecule has 0 aliphatic rings. The van der Waals surface area contributed by atoms with Gasteiger partial charge >= 0.3 is 0 Å². The summed E-state index contributed by atoms with van der Waals surface area (Å²) < 4.78 is 38.3. The van der Waals surface area contributed by atoms with Crippen molar-refractivity contribution in [1.29, 1.82) is 0 Å². The fourth-order valence-electron chi connectivity index (χ4n) is 1.42. The maximum Gasteiger partial charge on any atom is 0.243 e. The van der Waals surface area contributed by atoms with Crippen LogP contribution in [0.1, 0.15) is 13.3 Å². The Labute approximate surface area is 122 Å². The highest BCUT2D eigenvalue weighted by atomic mass is 35.5. The van der Waals surface area contributed by atoms with Crippen LogP contribution in [0.4, 0.5) is 4.39 Å². The second kappa shape index (κ2) is 7.01. The van der Waals surface area contributed by atoms with Crippen LogP contribution in [-0.4, -0.2) is 38.8 Å². The van der Waals surface area contributed by atoms with Crippen molar-refractivity contribution in [2.24, 2.45) is 0 Å². The Balaban J connectivity index is 2.87. The number of carbonyl (C=O) groups excluding carboxylic acids is 1. The highest BCUT2D eigenvalue weighted by Gasteiger charge is 2.23. The molecular formula is C12H16ClFN2O3S. The number of sulfonamides is 1. The average Bonchev–Trinajstić information content (AvgIpc) is 2.39. The van der Waals surface area contributed by atoms with Gasteiger partial charge in [-0.15, -0.1) is 0 Å². The maximum atomic E-state index is 13.0. The summed E-state index contributed by atoms with van der Waals surface area (Å²) in [6.45, 7) is 2.06. The number of halogens is 2. The fourth-order valence-corrected chi connectivity index (χ4v) is 2.82. The van der Waals surface area contributed by atoms with Crippen molar-refractivity contribution in [3.05, 3.63) is 29.0 Å². The molecule has 1 rings (SSSR count). The van der Waals surface area contributed by atoms with Crippen LogP contribution in [0, 0.1) is 5.82 Å². The summed E-state index contributed by atoms with van der Waals surface area (Å²) in [7, 11) is -2.60. The topological polar surface area (TPSA) is 66.5 Å². The van der Waals surface area contributed by atoms with E-state index in [-0.39, 0.29) is 16.5 Å². The quantitative estimate of drug-likeness (QED) is 0.865. The summed E-state index contributed by atoms with van der Waals surface area (Å²) in [5, 5.41) is 2.29. The number of nitrogens with zero attached hydrogens (tertiary/aromatic N) is 1. The SMILES string of the molecule is CCCNC(=O)CN(C)S(=O)(=O)c1ccc(F)c(Cl)c1. The normalized spacial score (nSPS) is 11.7. The number of hydrogen-bond acceptors (Lipinski definition) is 3. The minimum atomic E-state index is -3.88. The third-order valence-corrected chi connectivity index (χ3v) is 4.63. The van der Waals surface area contributed by atoms with Gasteiger partial charge in [-0.2, -0.15) is 4.31 Å². The minimum absolute atomic E-state index is 0.158. The van der Waals surface area contributed by atoms with E-state index in [1.54, 1.807) is 0 Å². The van der Waals surface area contributed by atoms with Crippen LogP contribution in [0.15, 0.2) is 23.1 Å². The molecule has 0 radical (unpaired) electrons. The Morgan fingerprint density at radius 1 is 1.45 bits per heavy atom. The molecular weight excluding hydrogens is 307 g/mol. The van der Waals surface area contributed by atoms with E-state index < -0.39 is 21.7 Å². The van der Waals surface area contributed by atoms with Crippen LogP contribution in [0.25, 0.3) is 0 Å². The van der Waals surface area contributed by atoms with Crippen molar-refractivity contribution in [2.75, 3.05) is 20.1 Å². The van der Waals surface area contributed by atoms with E-state index in [2.05, 4.69) is 5.32 Å². The van der Waals surface area contributed by atoms with Gasteiger partial charge in [-0.1, -0.05) is 18.5 Å². The Morgan fingerprint density at radius 3 is 2.65 bits per heavy atom. The third-order valence-electron chi connectivity index (χ3n) is 2.54. The van der Waals surface area contributed by atoms with Crippen molar-refractivity contribution in [3.8, 4) is 0 Å². The molecule has 1 aromatic carbocycles. The Bertz CT molecular complexity index is 592. The zero-order valence-electron chi connectivity index (χ0n) is 11.2. The van der Waals surface area contributed by atoms with E-state index in [0.717, 1.165) is 28.9 Å². The number of benzene rings is 1. The number of amides is 1. The van der Waals surface area contributed by atoms with Crippen LogP contribution >= 0.6 is 11.6 Å². The van der Waals surface area contributed by atoms with Crippen LogP contribution in [0.5, 0.6) is 0 Å². The van der Waals surface area contributed by atoms with Gasteiger partial charge in [0.15, 0.2) is 0 Å². The molecule has 0 saturated heterocycles. The van der Waals surface area contributed by atoms with E-state index in [1.807, 2.05) is 6.92 Å². The highest BCUT2D eigenvalue weighted by molar-refractivity contribution is 7.89. The Kier molecular flexibility index (Phi) is 5.91. The van der Waals surface area contributed by atoms with Crippen LogP contribution in [-0.2, 0) is 14.8 Å². The zero-order valence-corrected chi connectivity index (χ0v) is 12.8. The van der Waals surface area contributed by atoms with Gasteiger partial charge in [0.05, 0.1) is 16.5 Å². The molecule has 0 fully saturated rings. The highest BCUT2D eigenvalue weighted by Crippen LogP contribution is 2.21. The van der Waals surface area contributed by atoms with Gasteiger partial charge in [0, 0.05) is 13.6 Å². The molecule has 1 aromatic rings. The molecule has 0 unspecified atom stereocenters. The molecule has 1 amide bonds. The maximum absolute atomic E-state index is 13.0. The first-order chi connectivity index (χ1) is 9.28. The largest absolute Gasteiger partial charge is 0.355 e. The molecule has 0 aliphatic heterocycles. The van der Waals surface area contributed by atoms with Gasteiger partial charge in [0.25, 0.3) is 0 Å². The summed E-state index contributed by atoms with van der Waals surface area (Å²) in [6, 6.07) is 3.10. The molecule has 0 heterocycles. The van der Waals surface area contributed by atoms with E-state index in [9.17, 15) is 17.6 Å². The second-order valence-corrected chi connectivity index (χ2v) is 6.64. The van der Waals surface area contributed by atoms with Gasteiger partial charge in [-0.3, -0.25) is 4.79 Å². The monoisotopic (exact) mass is 322 g/mol. The zero-order chi connectivity index (χ0) is 15.3. The first kappa shape index (κ1) is 16.9. The summed E-state index contributed by atoms with van der Waals surface area (Å²) in [4.78, 5) is 11.4. The molecule has 5 nitrogen and oxygen atoms in total. The fraction of sp³-hybridized carbons (Fsp3) is 0.417. The first-order valence-corrected chi connectivity index (χ1v) is 7.79. The predicted octanol–water partition coefficient (Wildman–Crippen LogP) is 1.63. The molecule has 0 bridgehead atoms. The summed E-state index contributed by atoms with van der Waals surface area (Å²) in [5.74, 6) is -1.10. The molecule has 0 saturated carbocycles. The number of carbonyl (C=O) groups is 1. The average molecular weight is 323 g/mol. The van der Waals surface area contributed by atoms with Gasteiger partial charge in [0.1, 0.15) is 5.82 Å². The van der Waals surface area contributed by atoms with Gasteiger partial charge in [-0.05, 0) is 24.6 Å². The molecule has 1 N–H and O–H groups in total. The van der Waals surface area contributed by atoms with Crippen LogP contribution in [0.2, 0.25) is 5.02 Å². The van der Waals surface area contributed by atoms with E-state index in [4.69, 9.17) is 11.6 Å². The minimum Gasteiger partial charge on any atom is -0.355 e. The van der Waals surface area contributed by atoms with Gasteiger partial charge in [0.2, 0.25) is 15.9 Å². The van der Waals surface area contributed by atoms with E-state index in [0.29, 0.717) is 6.54 Å². The molecule has 20 heavy (non-hydrogen) atoms. The predicted molar refractivity (Wildman–Crippen MR) is 74.5 cm³/mol. The number of rotatable bonds is 6. The number of hydrogen-bond donors (Lipinski definition) is 1. The van der Waals surface area contributed by atoms with Crippen molar-refractivity contribution >= 4 is 27.5 Å². The Hall–Kier alpha value is -1.18. The standard InChI is InChI=1S/C12H16ClFN2O3S/c1-3-6-15-12(17)8-16(2)20(18,19)9-4-5-11(14)10(13)7-9/h4-5,7H,3,6,8H2,1-2H3,(H,15,17). The lowest BCUT2D eigenvalue weighted by molar-refractivity contribution is -0.121. The van der Waals surface area contributed by atoms with Crippen LogP contribution < -0.4 is 5.32 Å². The molecule has 112 valence electrons. The summed E-state index contributed by atoms with van der Waals surface area (Å²) in [6.07, 6.45) is 0.760. The second-order valence-electron chi connectivity index (χ2n) is 4.19. The number of nitrogens with one attached hydrogen (secondary N) is 1. The lowest BCUT2D eigenvalue weighted by Gasteiger charge is -2.17. The lowest BCUT2D eigenvalue weighted by atomic mass is 10.3. The van der Waals surface area contributed by atoms with Crippen molar-refractivity contribution in [2.45, 2.75) is 18.2 Å². The molecule has 8 heteroatoms. The molecule has 0 aliphatic carbocycles. The smallest absolute Gasteiger partial charge is 0.243 e. The van der Waals surface area contributed by atoms with Crippen molar-refractivity contribution in [3.63, 3.8) is 0 Å². The van der Waals surface area contributed by atoms with E-state index >= 15 is 0 Å². The van der Waals surface area contributed by atoms with Gasteiger partial charge < -0.3 is 5.32 Å². The summed E-state index contributed by atoms with van der Waals surface area (Å²) >= 11 is 5.56. The third kappa shape index (κ3) is 4.16. The molecule has 0 aromatic heterocycles. The number of likely N-dealkylation sites (N-methyl/N-ethyl adjacent to an activating group) is 1.